The van der Waals surface area contributed by atoms with Crippen LogP contribution in [0.15, 0.2) is 18.2 Å². The van der Waals surface area contributed by atoms with Gasteiger partial charge in [0.05, 0.1) is 11.2 Å². The molecule has 0 aliphatic carbocycles. The van der Waals surface area contributed by atoms with Crippen LogP contribution in [-0.2, 0) is 9.39 Å². The SMILES string of the molecule is CC(C)C(C)(C)OB(O)c1ccc(F)c(C(=O)OC(C)(C)C)c1. The van der Waals surface area contributed by atoms with Crippen LogP contribution >= 0.6 is 0 Å². The van der Waals surface area contributed by atoms with Gasteiger partial charge in [-0.2, -0.15) is 0 Å². The molecule has 23 heavy (non-hydrogen) atoms. The number of carbonyl (C=O) groups excluding carboxylic acids is 1. The summed E-state index contributed by atoms with van der Waals surface area (Å²) in [5.41, 5.74) is -1.21. The smallest absolute Gasteiger partial charge is 0.456 e. The van der Waals surface area contributed by atoms with Crippen LogP contribution in [0.2, 0.25) is 0 Å². The van der Waals surface area contributed by atoms with E-state index in [2.05, 4.69) is 0 Å². The van der Waals surface area contributed by atoms with E-state index in [1.807, 2.05) is 27.7 Å². The highest BCUT2D eigenvalue weighted by Crippen LogP contribution is 2.21. The maximum Gasteiger partial charge on any atom is 0.491 e. The molecule has 1 N–H and O–H groups in total. The Bertz CT molecular complexity index is 564. The summed E-state index contributed by atoms with van der Waals surface area (Å²) in [5, 5.41) is 10.2. The van der Waals surface area contributed by atoms with E-state index in [0.29, 0.717) is 5.46 Å². The lowest BCUT2D eigenvalue weighted by atomic mass is 9.76. The van der Waals surface area contributed by atoms with E-state index in [1.54, 1.807) is 20.8 Å². The number of rotatable bonds is 5. The van der Waals surface area contributed by atoms with Crippen LogP contribution in [0.3, 0.4) is 0 Å². The Balaban J connectivity index is 3.03. The van der Waals surface area contributed by atoms with Gasteiger partial charge in [0.1, 0.15) is 11.4 Å². The molecule has 1 rings (SSSR count). The lowest BCUT2D eigenvalue weighted by Gasteiger charge is -2.31. The Kier molecular flexibility index (Phi) is 5.99. The van der Waals surface area contributed by atoms with Crippen molar-refractivity contribution in [1.29, 1.82) is 0 Å². The molecular formula is C17H26BFO4. The predicted octanol–water partition coefficient (Wildman–Crippen LogP) is 2.92. The van der Waals surface area contributed by atoms with E-state index < -0.39 is 30.1 Å². The Hall–Kier alpha value is -1.40. The molecule has 0 aliphatic heterocycles. The van der Waals surface area contributed by atoms with E-state index in [0.717, 1.165) is 6.07 Å². The zero-order valence-corrected chi connectivity index (χ0v) is 14.9. The van der Waals surface area contributed by atoms with Crippen molar-refractivity contribution in [1.82, 2.24) is 0 Å². The van der Waals surface area contributed by atoms with Gasteiger partial charge < -0.3 is 14.4 Å². The van der Waals surface area contributed by atoms with Crippen LogP contribution in [0.25, 0.3) is 0 Å². The Morgan fingerprint density at radius 3 is 2.26 bits per heavy atom. The van der Waals surface area contributed by atoms with Gasteiger partial charge in [-0.15, -0.1) is 0 Å². The van der Waals surface area contributed by atoms with Gasteiger partial charge in [0, 0.05) is 0 Å². The first-order valence-electron chi connectivity index (χ1n) is 7.72. The second-order valence-electron chi connectivity index (χ2n) is 7.47. The van der Waals surface area contributed by atoms with Crippen molar-refractivity contribution in [2.45, 2.75) is 59.7 Å². The Morgan fingerprint density at radius 1 is 1.22 bits per heavy atom. The largest absolute Gasteiger partial charge is 0.491 e. The molecule has 0 saturated carbocycles. The van der Waals surface area contributed by atoms with Crippen molar-refractivity contribution in [3.8, 4) is 0 Å². The number of hydrogen-bond acceptors (Lipinski definition) is 4. The van der Waals surface area contributed by atoms with E-state index in [4.69, 9.17) is 9.39 Å². The van der Waals surface area contributed by atoms with Gasteiger partial charge in [-0.05, 0) is 58.1 Å². The van der Waals surface area contributed by atoms with Gasteiger partial charge in [0.25, 0.3) is 0 Å². The Morgan fingerprint density at radius 2 is 1.78 bits per heavy atom. The first-order valence-corrected chi connectivity index (χ1v) is 7.72. The third-order valence-electron chi connectivity index (χ3n) is 3.70. The lowest BCUT2D eigenvalue weighted by molar-refractivity contribution is 0.00648. The number of ether oxygens (including phenoxy) is 1. The fraction of sp³-hybridized carbons (Fsp3) is 0.588. The van der Waals surface area contributed by atoms with Gasteiger partial charge in [-0.3, -0.25) is 0 Å². The third-order valence-corrected chi connectivity index (χ3v) is 3.70. The van der Waals surface area contributed by atoms with Crippen molar-refractivity contribution >= 4 is 18.6 Å². The molecule has 0 saturated heterocycles. The van der Waals surface area contributed by atoms with Gasteiger partial charge in [-0.1, -0.05) is 19.9 Å². The molecule has 0 spiro atoms. The monoisotopic (exact) mass is 324 g/mol. The third kappa shape index (κ3) is 5.63. The first kappa shape index (κ1) is 19.7. The highest BCUT2D eigenvalue weighted by atomic mass is 19.1. The summed E-state index contributed by atoms with van der Waals surface area (Å²) >= 11 is 0. The molecule has 0 aliphatic rings. The second kappa shape index (κ2) is 7.01. The molecule has 4 nitrogen and oxygen atoms in total. The average molecular weight is 324 g/mol. The summed E-state index contributed by atoms with van der Waals surface area (Å²) in [6.45, 7) is 12.8. The lowest BCUT2D eigenvalue weighted by Crippen LogP contribution is -2.44. The molecule has 1 aromatic rings. The molecule has 0 heterocycles. The summed E-state index contributed by atoms with van der Waals surface area (Å²) in [6, 6.07) is 3.79. The summed E-state index contributed by atoms with van der Waals surface area (Å²) in [5.74, 6) is -1.30. The van der Waals surface area contributed by atoms with Crippen LogP contribution in [0.4, 0.5) is 4.39 Å². The highest BCUT2D eigenvalue weighted by Gasteiger charge is 2.31. The average Bonchev–Trinajstić information content (AvgIpc) is 2.36. The van der Waals surface area contributed by atoms with E-state index >= 15 is 0 Å². The zero-order chi connectivity index (χ0) is 18.0. The number of carbonyl (C=O) groups is 1. The van der Waals surface area contributed by atoms with Gasteiger partial charge in [-0.25, -0.2) is 9.18 Å². The second-order valence-corrected chi connectivity index (χ2v) is 7.47. The van der Waals surface area contributed by atoms with Crippen LogP contribution in [0.5, 0.6) is 0 Å². The van der Waals surface area contributed by atoms with Crippen molar-refractivity contribution in [2.24, 2.45) is 5.92 Å². The summed E-state index contributed by atoms with van der Waals surface area (Å²) in [4.78, 5) is 12.1. The van der Waals surface area contributed by atoms with Gasteiger partial charge >= 0.3 is 13.1 Å². The highest BCUT2D eigenvalue weighted by molar-refractivity contribution is 6.60. The van der Waals surface area contributed by atoms with Crippen molar-refractivity contribution in [3.05, 3.63) is 29.6 Å². The normalized spacial score (nSPS) is 12.4. The molecule has 0 atom stereocenters. The molecule has 0 aromatic heterocycles. The van der Waals surface area contributed by atoms with Crippen molar-refractivity contribution in [2.75, 3.05) is 0 Å². The number of esters is 1. The quantitative estimate of drug-likeness (QED) is 0.668. The van der Waals surface area contributed by atoms with Crippen LogP contribution in [0, 0.1) is 11.7 Å². The molecule has 128 valence electrons. The minimum atomic E-state index is -1.26. The van der Waals surface area contributed by atoms with Crippen LogP contribution in [-0.4, -0.2) is 29.3 Å². The molecule has 6 heteroatoms. The van der Waals surface area contributed by atoms with Crippen molar-refractivity contribution < 1.29 is 23.6 Å². The molecule has 0 amide bonds. The molecule has 0 radical (unpaired) electrons. The number of hydrogen-bond donors (Lipinski definition) is 1. The minimum Gasteiger partial charge on any atom is -0.456 e. The topological polar surface area (TPSA) is 55.8 Å². The molecule has 1 aromatic carbocycles. The van der Waals surface area contributed by atoms with E-state index in [9.17, 15) is 14.2 Å². The first-order chi connectivity index (χ1) is 10.3. The van der Waals surface area contributed by atoms with Gasteiger partial charge in [0.15, 0.2) is 0 Å². The number of benzene rings is 1. The fourth-order valence-corrected chi connectivity index (χ4v) is 1.68. The number of halogens is 1. The van der Waals surface area contributed by atoms with E-state index in [-0.39, 0.29) is 11.5 Å². The minimum absolute atomic E-state index is 0.169. The Labute approximate surface area is 138 Å². The summed E-state index contributed by atoms with van der Waals surface area (Å²) in [6.07, 6.45) is 0. The zero-order valence-electron chi connectivity index (χ0n) is 14.9. The standard InChI is InChI=1S/C17H26BFO4/c1-11(2)17(6,7)23-18(21)12-8-9-14(19)13(10-12)15(20)22-16(3,4)5/h8-11,21H,1-7H3. The van der Waals surface area contributed by atoms with Crippen molar-refractivity contribution in [3.63, 3.8) is 0 Å². The predicted molar refractivity (Wildman–Crippen MR) is 89.2 cm³/mol. The fourth-order valence-electron chi connectivity index (χ4n) is 1.68. The maximum absolute atomic E-state index is 13.9. The molecule has 0 fully saturated rings. The molecule has 0 bridgehead atoms. The van der Waals surface area contributed by atoms with Crippen LogP contribution < -0.4 is 5.46 Å². The summed E-state index contributed by atoms with van der Waals surface area (Å²) < 4.78 is 24.7. The summed E-state index contributed by atoms with van der Waals surface area (Å²) in [7, 11) is -1.26. The van der Waals surface area contributed by atoms with E-state index in [1.165, 1.54) is 12.1 Å². The maximum atomic E-state index is 13.9. The molecule has 0 unspecified atom stereocenters. The molecular weight excluding hydrogens is 298 g/mol. The van der Waals surface area contributed by atoms with Gasteiger partial charge in [0.2, 0.25) is 0 Å². The van der Waals surface area contributed by atoms with Crippen LogP contribution in [0.1, 0.15) is 58.8 Å².